The average Bonchev–Trinajstić information content (AvgIpc) is 2.86. The monoisotopic (exact) mass is 304 g/mol. The normalized spacial score (nSPS) is 13.8. The Morgan fingerprint density at radius 3 is 2.36 bits per heavy atom. The second-order valence-electron chi connectivity index (χ2n) is 6.39. The van der Waals surface area contributed by atoms with Crippen LogP contribution in [0.25, 0.3) is 11.0 Å². The summed E-state index contributed by atoms with van der Waals surface area (Å²) in [5.74, 6) is 0.555. The lowest BCUT2D eigenvalue weighted by Gasteiger charge is -2.19. The molecule has 0 saturated carbocycles. The van der Waals surface area contributed by atoms with Crippen LogP contribution in [0.1, 0.15) is 65.0 Å². The number of fused-ring (bicyclic) bond motifs is 1. The van der Waals surface area contributed by atoms with E-state index < -0.39 is 0 Å². The van der Waals surface area contributed by atoms with E-state index in [0.717, 1.165) is 18.6 Å². The Morgan fingerprint density at radius 1 is 1.18 bits per heavy atom. The minimum Gasteiger partial charge on any atom is -0.327 e. The lowest BCUT2D eigenvalue weighted by Crippen LogP contribution is -2.22. The molecule has 22 heavy (non-hydrogen) atoms. The highest BCUT2D eigenvalue weighted by Gasteiger charge is 2.17. The van der Waals surface area contributed by atoms with Crippen molar-refractivity contribution in [1.82, 2.24) is 19.7 Å². The van der Waals surface area contributed by atoms with Crippen LogP contribution in [-0.2, 0) is 0 Å². The summed E-state index contributed by atoms with van der Waals surface area (Å²) in [4.78, 5) is 2.20. The molecule has 2 unspecified atom stereocenters. The Hall–Kier alpha value is -1.42. The first-order valence-corrected chi connectivity index (χ1v) is 8.42. The van der Waals surface area contributed by atoms with Gasteiger partial charge in [0.25, 0.3) is 0 Å². The van der Waals surface area contributed by atoms with Crippen molar-refractivity contribution in [2.24, 2.45) is 0 Å². The van der Waals surface area contributed by atoms with Crippen LogP contribution >= 0.6 is 0 Å². The molecule has 0 N–H and O–H groups in total. The highest BCUT2D eigenvalue weighted by atomic mass is 15.2. The fourth-order valence-corrected chi connectivity index (χ4v) is 2.59. The van der Waals surface area contributed by atoms with Crippen LogP contribution in [-0.4, -0.2) is 40.3 Å². The van der Waals surface area contributed by atoms with Gasteiger partial charge in [-0.25, -0.2) is 0 Å². The molecule has 0 bridgehead atoms. The van der Waals surface area contributed by atoms with E-state index in [1.807, 2.05) is 0 Å². The van der Waals surface area contributed by atoms with E-state index in [2.05, 4.69) is 80.6 Å². The number of hydrogen-bond acceptors (Lipinski definition) is 3. The van der Waals surface area contributed by atoms with Crippen LogP contribution in [0.15, 0.2) is 18.5 Å². The van der Waals surface area contributed by atoms with Crippen molar-refractivity contribution in [3.8, 4) is 0 Å². The van der Waals surface area contributed by atoms with Crippen LogP contribution < -0.4 is 0 Å². The molecule has 2 heterocycles. The Bertz CT molecular complexity index is 559. The summed E-state index contributed by atoms with van der Waals surface area (Å²) in [6.45, 7) is 12.0. The zero-order chi connectivity index (χ0) is 16.7. The van der Waals surface area contributed by atoms with Crippen LogP contribution in [0.4, 0.5) is 0 Å². The van der Waals surface area contributed by atoms with Gasteiger partial charge in [0.1, 0.15) is 0 Å². The zero-order valence-electron chi connectivity index (χ0n) is 15.3. The maximum atomic E-state index is 4.34. The van der Waals surface area contributed by atoms with E-state index in [4.69, 9.17) is 0 Å². The van der Waals surface area contributed by atoms with E-state index in [0.29, 0.717) is 12.0 Å². The Morgan fingerprint density at radius 2 is 1.82 bits per heavy atom. The third-order valence-electron chi connectivity index (χ3n) is 3.78. The summed E-state index contributed by atoms with van der Waals surface area (Å²) in [5.41, 5.74) is 2.39. The van der Waals surface area contributed by atoms with Crippen LogP contribution in [0.5, 0.6) is 0 Å². The van der Waals surface area contributed by atoms with Crippen molar-refractivity contribution >= 4 is 11.0 Å². The molecular weight excluding hydrogens is 272 g/mol. The molecule has 0 aromatic carbocycles. The van der Waals surface area contributed by atoms with Crippen LogP contribution in [0.2, 0.25) is 0 Å². The number of aromatic nitrogens is 3. The van der Waals surface area contributed by atoms with E-state index in [-0.39, 0.29) is 0 Å². The lowest BCUT2D eigenvalue weighted by molar-refractivity contribution is 0.340. The van der Waals surface area contributed by atoms with Gasteiger partial charge < -0.3 is 9.47 Å². The van der Waals surface area contributed by atoms with Crippen molar-refractivity contribution < 1.29 is 0 Å². The van der Waals surface area contributed by atoms with Crippen molar-refractivity contribution in [1.29, 1.82) is 0 Å². The van der Waals surface area contributed by atoms with Gasteiger partial charge in [-0.15, -0.1) is 5.10 Å². The highest BCUT2D eigenvalue weighted by Crippen LogP contribution is 2.29. The Labute approximate surface area is 135 Å². The van der Waals surface area contributed by atoms with Gasteiger partial charge in [0.2, 0.25) is 0 Å². The first kappa shape index (κ1) is 18.6. The summed E-state index contributed by atoms with van der Waals surface area (Å²) in [5, 5.41) is 9.64. The Balaban J connectivity index is 0.000000745. The molecule has 2 atom stereocenters. The number of hydrogen-bond donors (Lipinski definition) is 0. The maximum absolute atomic E-state index is 4.34. The van der Waals surface area contributed by atoms with Gasteiger partial charge in [0.05, 0.1) is 6.20 Å². The van der Waals surface area contributed by atoms with Crippen LogP contribution in [0, 0.1) is 0 Å². The quantitative estimate of drug-likeness (QED) is 0.816. The summed E-state index contributed by atoms with van der Waals surface area (Å²) < 4.78 is 2.27. The zero-order valence-corrected chi connectivity index (χ0v) is 15.3. The summed E-state index contributed by atoms with van der Waals surface area (Å²) >= 11 is 0. The van der Waals surface area contributed by atoms with Gasteiger partial charge in [-0.1, -0.05) is 34.1 Å². The molecule has 124 valence electrons. The van der Waals surface area contributed by atoms with Gasteiger partial charge in [0.15, 0.2) is 5.65 Å². The standard InChI is InChI=1S/C15H24N4.C3H8/c1-6-11(2)14-10-19(12(3)9-18(4)5)15-13(14)7-8-16-17-15;1-3-2/h7-8,10-12H,6,9H2,1-5H3;3H2,1-2H3. The summed E-state index contributed by atoms with van der Waals surface area (Å²) in [6.07, 6.45) is 6.44. The van der Waals surface area contributed by atoms with Gasteiger partial charge in [-0.2, -0.15) is 5.10 Å². The smallest absolute Gasteiger partial charge is 0.163 e. The number of rotatable bonds is 5. The predicted octanol–water partition coefficient (Wildman–Crippen LogP) is 4.48. The molecule has 0 aliphatic heterocycles. The summed E-state index contributed by atoms with van der Waals surface area (Å²) in [6, 6.07) is 2.48. The first-order chi connectivity index (χ1) is 10.5. The fraction of sp³-hybridized carbons (Fsp3) is 0.667. The molecule has 4 heteroatoms. The second-order valence-corrected chi connectivity index (χ2v) is 6.39. The number of nitrogens with zero attached hydrogens (tertiary/aromatic N) is 4. The van der Waals surface area contributed by atoms with Crippen LogP contribution in [0.3, 0.4) is 0 Å². The first-order valence-electron chi connectivity index (χ1n) is 8.42. The minimum atomic E-state index is 0.395. The molecular formula is C18H32N4. The molecule has 0 saturated heterocycles. The van der Waals surface area contributed by atoms with E-state index >= 15 is 0 Å². The molecule has 0 radical (unpaired) electrons. The third-order valence-corrected chi connectivity index (χ3v) is 3.78. The third kappa shape index (κ3) is 4.54. The van der Waals surface area contributed by atoms with E-state index in [1.54, 1.807) is 6.20 Å². The molecule has 0 fully saturated rings. The molecule has 0 aliphatic carbocycles. The van der Waals surface area contributed by atoms with Crippen molar-refractivity contribution in [3.05, 3.63) is 24.0 Å². The highest BCUT2D eigenvalue weighted by molar-refractivity contribution is 5.80. The largest absolute Gasteiger partial charge is 0.327 e. The topological polar surface area (TPSA) is 34.0 Å². The molecule has 2 rings (SSSR count). The molecule has 0 spiro atoms. The number of likely N-dealkylation sites (N-methyl/N-ethyl adjacent to an activating group) is 1. The van der Waals surface area contributed by atoms with E-state index in [1.165, 1.54) is 17.4 Å². The fourth-order valence-electron chi connectivity index (χ4n) is 2.59. The molecule has 4 nitrogen and oxygen atoms in total. The summed E-state index contributed by atoms with van der Waals surface area (Å²) in [7, 11) is 4.20. The average molecular weight is 304 g/mol. The van der Waals surface area contributed by atoms with Crippen molar-refractivity contribution in [3.63, 3.8) is 0 Å². The molecule has 2 aromatic heterocycles. The van der Waals surface area contributed by atoms with Gasteiger partial charge >= 0.3 is 0 Å². The predicted molar refractivity (Wildman–Crippen MR) is 95.5 cm³/mol. The SMILES string of the molecule is CCC.CCC(C)c1cn(C(C)CN(C)C)c2nnccc12. The lowest BCUT2D eigenvalue weighted by atomic mass is 9.99. The van der Waals surface area contributed by atoms with Gasteiger partial charge in [0, 0.05) is 24.2 Å². The van der Waals surface area contributed by atoms with Crippen molar-refractivity contribution in [2.75, 3.05) is 20.6 Å². The van der Waals surface area contributed by atoms with Gasteiger partial charge in [-0.05, 0) is 45.0 Å². The van der Waals surface area contributed by atoms with Gasteiger partial charge in [-0.3, -0.25) is 0 Å². The minimum absolute atomic E-state index is 0.395. The Kier molecular flexibility index (Phi) is 7.52. The molecule has 0 amide bonds. The maximum Gasteiger partial charge on any atom is 0.163 e. The second kappa shape index (κ2) is 8.89. The van der Waals surface area contributed by atoms with E-state index in [9.17, 15) is 0 Å². The molecule has 2 aromatic rings. The molecule has 0 aliphatic rings. The van der Waals surface area contributed by atoms with Crippen molar-refractivity contribution in [2.45, 2.75) is 59.4 Å².